The topological polar surface area (TPSA) is 46.3 Å². The van der Waals surface area contributed by atoms with Crippen LogP contribution in [0.5, 0.6) is 0 Å². The predicted octanol–water partition coefficient (Wildman–Crippen LogP) is 2.95. The Morgan fingerprint density at radius 2 is 2.21 bits per heavy atom. The first-order valence-electron chi connectivity index (χ1n) is 6.61. The minimum atomic E-state index is 0. The molecular weight excluding hydrogens is 280 g/mol. The lowest BCUT2D eigenvalue weighted by molar-refractivity contribution is -0.131. The molecule has 0 saturated heterocycles. The first-order valence-corrected chi connectivity index (χ1v) is 7.43. The van der Waals surface area contributed by atoms with Crippen molar-refractivity contribution in [3.05, 3.63) is 21.9 Å². The number of amides is 1. The maximum absolute atomic E-state index is 12.1. The molecule has 19 heavy (non-hydrogen) atoms. The normalized spacial score (nSPS) is 22.1. The molecule has 1 aliphatic carbocycles. The third kappa shape index (κ3) is 4.48. The van der Waals surface area contributed by atoms with Crippen LogP contribution in [-0.2, 0) is 11.3 Å². The van der Waals surface area contributed by atoms with E-state index in [9.17, 15) is 4.79 Å². The van der Waals surface area contributed by atoms with Gasteiger partial charge >= 0.3 is 0 Å². The average molecular weight is 303 g/mol. The Labute approximate surface area is 125 Å². The summed E-state index contributed by atoms with van der Waals surface area (Å²) in [6, 6.07) is 4.43. The Balaban J connectivity index is 0.00000180. The third-order valence-corrected chi connectivity index (χ3v) is 4.75. The van der Waals surface area contributed by atoms with Gasteiger partial charge in [0.15, 0.2) is 0 Å². The van der Waals surface area contributed by atoms with E-state index < -0.39 is 0 Å². The zero-order valence-corrected chi connectivity index (χ0v) is 13.2. The molecule has 1 aliphatic rings. The van der Waals surface area contributed by atoms with Crippen molar-refractivity contribution in [3.8, 4) is 0 Å². The van der Waals surface area contributed by atoms with Gasteiger partial charge in [-0.05, 0) is 37.8 Å². The quantitative estimate of drug-likeness (QED) is 0.929. The summed E-state index contributed by atoms with van der Waals surface area (Å²) in [6.07, 6.45) is 3.97. The second-order valence-electron chi connectivity index (χ2n) is 5.32. The van der Waals surface area contributed by atoms with Gasteiger partial charge in [0.25, 0.3) is 0 Å². The van der Waals surface area contributed by atoms with Gasteiger partial charge in [0.1, 0.15) is 0 Å². The molecule has 2 rings (SSSR count). The van der Waals surface area contributed by atoms with E-state index in [2.05, 4.69) is 19.1 Å². The number of nitrogens with zero attached hydrogens (tertiary/aromatic N) is 1. The molecule has 0 bridgehead atoms. The number of thiophene rings is 1. The Kier molecular flexibility index (Phi) is 6.30. The maximum atomic E-state index is 12.1. The molecule has 0 aliphatic heterocycles. The van der Waals surface area contributed by atoms with Crippen LogP contribution < -0.4 is 5.73 Å². The smallest absolute Gasteiger partial charge is 0.222 e. The van der Waals surface area contributed by atoms with E-state index >= 15 is 0 Å². The van der Waals surface area contributed by atoms with Crippen molar-refractivity contribution in [1.29, 1.82) is 0 Å². The summed E-state index contributed by atoms with van der Waals surface area (Å²) in [5.41, 5.74) is 6.01. The number of aryl methyl sites for hydroxylation is 1. The molecule has 2 atom stereocenters. The Hall–Kier alpha value is -0.580. The van der Waals surface area contributed by atoms with E-state index in [-0.39, 0.29) is 24.4 Å². The lowest BCUT2D eigenvalue weighted by Crippen LogP contribution is -2.32. The van der Waals surface area contributed by atoms with Gasteiger partial charge in [0, 0.05) is 29.3 Å². The average Bonchev–Trinajstić information content (AvgIpc) is 2.89. The standard InChI is InChI=1S/C14H22N2OS.ClH/c1-10-6-7-12(18-10)9-16(2)14(17)8-11-4-3-5-13(11)15;/h6-7,11,13H,3-5,8-9,15H2,1-2H3;1H/t11-,13+;/m0./s1. The lowest BCUT2D eigenvalue weighted by atomic mass is 9.99. The van der Waals surface area contributed by atoms with Gasteiger partial charge in [-0.2, -0.15) is 0 Å². The van der Waals surface area contributed by atoms with Crippen molar-refractivity contribution in [2.45, 2.75) is 45.2 Å². The van der Waals surface area contributed by atoms with Crippen LogP contribution in [0.15, 0.2) is 12.1 Å². The van der Waals surface area contributed by atoms with Gasteiger partial charge in [-0.1, -0.05) is 6.42 Å². The summed E-state index contributed by atoms with van der Waals surface area (Å²) in [7, 11) is 1.89. The lowest BCUT2D eigenvalue weighted by Gasteiger charge is -2.20. The van der Waals surface area contributed by atoms with Crippen molar-refractivity contribution in [2.24, 2.45) is 11.7 Å². The number of hydrogen-bond donors (Lipinski definition) is 1. The fourth-order valence-corrected chi connectivity index (χ4v) is 3.54. The number of hydrogen-bond acceptors (Lipinski definition) is 3. The number of carbonyl (C=O) groups excluding carboxylic acids is 1. The molecule has 5 heteroatoms. The van der Waals surface area contributed by atoms with Gasteiger partial charge in [0.2, 0.25) is 5.91 Å². The van der Waals surface area contributed by atoms with E-state index in [0.717, 1.165) is 19.4 Å². The SMILES string of the molecule is Cc1ccc(CN(C)C(=O)C[C@@H]2CCC[C@H]2N)s1.Cl. The number of halogens is 1. The van der Waals surface area contributed by atoms with Gasteiger partial charge in [-0.25, -0.2) is 0 Å². The molecule has 1 fully saturated rings. The zero-order chi connectivity index (χ0) is 13.1. The summed E-state index contributed by atoms with van der Waals surface area (Å²) < 4.78 is 0. The first-order chi connectivity index (χ1) is 8.56. The minimum absolute atomic E-state index is 0. The van der Waals surface area contributed by atoms with Gasteiger partial charge < -0.3 is 10.6 Å². The van der Waals surface area contributed by atoms with Crippen LogP contribution in [0.1, 0.15) is 35.4 Å². The van der Waals surface area contributed by atoms with Crippen molar-refractivity contribution < 1.29 is 4.79 Å². The summed E-state index contributed by atoms with van der Waals surface area (Å²) in [4.78, 5) is 16.5. The molecular formula is C14H23ClN2OS. The highest BCUT2D eigenvalue weighted by Gasteiger charge is 2.27. The number of carbonyl (C=O) groups is 1. The highest BCUT2D eigenvalue weighted by Crippen LogP contribution is 2.27. The molecule has 1 heterocycles. The van der Waals surface area contributed by atoms with Crippen LogP contribution in [-0.4, -0.2) is 23.9 Å². The van der Waals surface area contributed by atoms with Crippen LogP contribution in [0, 0.1) is 12.8 Å². The van der Waals surface area contributed by atoms with E-state index in [0.29, 0.717) is 12.3 Å². The first kappa shape index (κ1) is 16.5. The summed E-state index contributed by atoms with van der Waals surface area (Å²) in [5, 5.41) is 0. The van der Waals surface area contributed by atoms with Gasteiger partial charge in [-0.3, -0.25) is 4.79 Å². The molecule has 0 unspecified atom stereocenters. The second-order valence-corrected chi connectivity index (χ2v) is 6.69. The van der Waals surface area contributed by atoms with Gasteiger partial charge in [0.05, 0.1) is 6.54 Å². The fraction of sp³-hybridized carbons (Fsp3) is 0.643. The molecule has 1 saturated carbocycles. The Morgan fingerprint density at radius 3 is 2.74 bits per heavy atom. The van der Waals surface area contributed by atoms with Crippen molar-refractivity contribution in [3.63, 3.8) is 0 Å². The van der Waals surface area contributed by atoms with E-state index in [1.165, 1.54) is 16.2 Å². The highest BCUT2D eigenvalue weighted by atomic mass is 35.5. The highest BCUT2D eigenvalue weighted by molar-refractivity contribution is 7.11. The van der Waals surface area contributed by atoms with E-state index in [1.807, 2.05) is 11.9 Å². The molecule has 1 aromatic rings. The molecule has 3 nitrogen and oxygen atoms in total. The largest absolute Gasteiger partial charge is 0.341 e. The van der Waals surface area contributed by atoms with Crippen LogP contribution in [0.2, 0.25) is 0 Å². The zero-order valence-electron chi connectivity index (χ0n) is 11.6. The van der Waals surface area contributed by atoms with Crippen molar-refractivity contribution in [1.82, 2.24) is 4.90 Å². The summed E-state index contributed by atoms with van der Waals surface area (Å²) in [6.45, 7) is 2.81. The molecule has 0 spiro atoms. The maximum Gasteiger partial charge on any atom is 0.222 e. The monoisotopic (exact) mass is 302 g/mol. The van der Waals surface area contributed by atoms with Crippen molar-refractivity contribution in [2.75, 3.05) is 7.05 Å². The summed E-state index contributed by atoms with van der Waals surface area (Å²) >= 11 is 1.76. The van der Waals surface area contributed by atoms with Crippen LogP contribution in [0.25, 0.3) is 0 Å². The molecule has 0 radical (unpaired) electrons. The molecule has 108 valence electrons. The van der Waals surface area contributed by atoms with Crippen molar-refractivity contribution >= 4 is 29.7 Å². The Bertz CT molecular complexity index is 421. The van der Waals surface area contributed by atoms with E-state index in [4.69, 9.17) is 5.73 Å². The molecule has 0 aromatic carbocycles. The molecule has 1 aromatic heterocycles. The minimum Gasteiger partial charge on any atom is -0.341 e. The van der Waals surface area contributed by atoms with Gasteiger partial charge in [-0.15, -0.1) is 23.7 Å². The van der Waals surface area contributed by atoms with E-state index in [1.54, 1.807) is 11.3 Å². The predicted molar refractivity (Wildman–Crippen MR) is 82.7 cm³/mol. The summed E-state index contributed by atoms with van der Waals surface area (Å²) in [5.74, 6) is 0.619. The Morgan fingerprint density at radius 1 is 1.47 bits per heavy atom. The third-order valence-electron chi connectivity index (χ3n) is 3.77. The van der Waals surface area contributed by atoms with Crippen LogP contribution in [0.3, 0.4) is 0 Å². The number of rotatable bonds is 4. The van der Waals surface area contributed by atoms with Crippen LogP contribution in [0.4, 0.5) is 0 Å². The molecule has 1 amide bonds. The second kappa shape index (κ2) is 7.27. The molecule has 2 N–H and O–H groups in total. The fourth-order valence-electron chi connectivity index (χ4n) is 2.59. The number of nitrogens with two attached hydrogens (primary N) is 1. The van der Waals surface area contributed by atoms with Crippen LogP contribution >= 0.6 is 23.7 Å².